The van der Waals surface area contributed by atoms with Crippen molar-refractivity contribution in [1.82, 2.24) is 0 Å². The molecule has 1 aliphatic rings. The Bertz CT molecular complexity index is 809. The molecular formula is C17H15ClN2O4. The molecule has 1 aliphatic carbocycles. The number of nitrogens with zero attached hydrogens (tertiary/aromatic N) is 1. The Morgan fingerprint density at radius 3 is 2.75 bits per heavy atom. The SMILES string of the molecule is COc1ccc([N+](=O)[O-])cc1NC(=O)C1CC1c1ccccc1Cl. The van der Waals surface area contributed by atoms with Gasteiger partial charge in [0.05, 0.1) is 17.7 Å². The third-order valence-corrected chi connectivity index (χ3v) is 4.43. The van der Waals surface area contributed by atoms with Crippen LogP contribution in [0, 0.1) is 16.0 Å². The number of ether oxygens (including phenoxy) is 1. The van der Waals surface area contributed by atoms with E-state index in [1.165, 1.54) is 25.3 Å². The van der Waals surface area contributed by atoms with Crippen molar-refractivity contribution in [2.75, 3.05) is 12.4 Å². The van der Waals surface area contributed by atoms with Crippen LogP contribution in [-0.4, -0.2) is 17.9 Å². The van der Waals surface area contributed by atoms with E-state index in [1.807, 2.05) is 18.2 Å². The van der Waals surface area contributed by atoms with Gasteiger partial charge in [-0.15, -0.1) is 0 Å². The highest BCUT2D eigenvalue weighted by molar-refractivity contribution is 6.31. The normalized spacial score (nSPS) is 18.8. The van der Waals surface area contributed by atoms with Crippen molar-refractivity contribution >= 4 is 28.9 Å². The van der Waals surface area contributed by atoms with Crippen molar-refractivity contribution in [2.45, 2.75) is 12.3 Å². The molecule has 0 saturated heterocycles. The summed E-state index contributed by atoms with van der Waals surface area (Å²) in [5.41, 5.74) is 1.14. The molecule has 3 rings (SSSR count). The van der Waals surface area contributed by atoms with Crippen LogP contribution in [0.25, 0.3) is 0 Å². The number of nitro benzene ring substituents is 1. The number of methoxy groups -OCH3 is 1. The van der Waals surface area contributed by atoms with Crippen molar-refractivity contribution in [2.24, 2.45) is 5.92 Å². The van der Waals surface area contributed by atoms with E-state index in [4.69, 9.17) is 16.3 Å². The lowest BCUT2D eigenvalue weighted by molar-refractivity contribution is -0.384. The lowest BCUT2D eigenvalue weighted by Crippen LogP contribution is -2.15. The summed E-state index contributed by atoms with van der Waals surface area (Å²) in [4.78, 5) is 22.8. The molecule has 124 valence electrons. The molecule has 0 spiro atoms. The van der Waals surface area contributed by atoms with Gasteiger partial charge in [-0.1, -0.05) is 29.8 Å². The number of halogens is 1. The van der Waals surface area contributed by atoms with Crippen molar-refractivity contribution in [3.8, 4) is 5.75 Å². The average Bonchev–Trinajstić information content (AvgIpc) is 3.35. The number of anilines is 1. The first-order valence-electron chi connectivity index (χ1n) is 7.39. The fourth-order valence-electron chi connectivity index (χ4n) is 2.74. The van der Waals surface area contributed by atoms with E-state index in [1.54, 1.807) is 6.07 Å². The van der Waals surface area contributed by atoms with Gasteiger partial charge >= 0.3 is 0 Å². The minimum Gasteiger partial charge on any atom is -0.495 e. The summed E-state index contributed by atoms with van der Waals surface area (Å²) in [5, 5.41) is 14.3. The number of hydrogen-bond acceptors (Lipinski definition) is 4. The highest BCUT2D eigenvalue weighted by Gasteiger charge is 2.45. The first-order chi connectivity index (χ1) is 11.5. The second-order valence-corrected chi connectivity index (χ2v) is 6.01. The molecule has 0 aromatic heterocycles. The maximum absolute atomic E-state index is 12.4. The third-order valence-electron chi connectivity index (χ3n) is 4.08. The van der Waals surface area contributed by atoms with E-state index >= 15 is 0 Å². The quantitative estimate of drug-likeness (QED) is 0.655. The van der Waals surface area contributed by atoms with Gasteiger partial charge in [0, 0.05) is 23.1 Å². The number of nitrogens with one attached hydrogen (secondary N) is 1. The lowest BCUT2D eigenvalue weighted by atomic mass is 10.1. The van der Waals surface area contributed by atoms with Gasteiger partial charge in [0.15, 0.2) is 0 Å². The zero-order valence-corrected chi connectivity index (χ0v) is 13.6. The first-order valence-corrected chi connectivity index (χ1v) is 7.76. The van der Waals surface area contributed by atoms with Crippen molar-refractivity contribution in [1.29, 1.82) is 0 Å². The van der Waals surface area contributed by atoms with Gasteiger partial charge in [0.25, 0.3) is 5.69 Å². The van der Waals surface area contributed by atoms with Gasteiger partial charge < -0.3 is 10.1 Å². The van der Waals surface area contributed by atoms with Gasteiger partial charge in [-0.25, -0.2) is 0 Å². The predicted octanol–water partition coefficient (Wildman–Crippen LogP) is 4.00. The molecule has 6 nitrogen and oxygen atoms in total. The van der Waals surface area contributed by atoms with Gasteiger partial charge in [0.1, 0.15) is 5.75 Å². The molecule has 2 aromatic rings. The van der Waals surface area contributed by atoms with Crippen LogP contribution in [0.5, 0.6) is 5.75 Å². The number of carbonyl (C=O) groups is 1. The topological polar surface area (TPSA) is 81.5 Å². The third kappa shape index (κ3) is 3.19. The first kappa shape index (κ1) is 16.3. The van der Waals surface area contributed by atoms with Crippen LogP contribution >= 0.6 is 11.6 Å². The van der Waals surface area contributed by atoms with Crippen LogP contribution in [0.3, 0.4) is 0 Å². The fourth-order valence-corrected chi connectivity index (χ4v) is 3.01. The second kappa shape index (κ2) is 6.49. The largest absolute Gasteiger partial charge is 0.495 e. The van der Waals surface area contributed by atoms with Crippen LogP contribution < -0.4 is 10.1 Å². The lowest BCUT2D eigenvalue weighted by Gasteiger charge is -2.10. The van der Waals surface area contributed by atoms with E-state index in [-0.39, 0.29) is 23.4 Å². The molecule has 2 aromatic carbocycles. The Hall–Kier alpha value is -2.60. The molecule has 0 aliphatic heterocycles. The summed E-state index contributed by atoms with van der Waals surface area (Å²) < 4.78 is 5.15. The molecule has 7 heteroatoms. The number of rotatable bonds is 5. The van der Waals surface area contributed by atoms with Crippen LogP contribution in [-0.2, 0) is 4.79 Å². The van der Waals surface area contributed by atoms with E-state index in [0.29, 0.717) is 22.9 Å². The minimum atomic E-state index is -0.515. The van der Waals surface area contributed by atoms with Crippen molar-refractivity contribution < 1.29 is 14.5 Å². The molecule has 1 amide bonds. The molecule has 24 heavy (non-hydrogen) atoms. The number of nitro groups is 1. The molecule has 2 atom stereocenters. The number of hydrogen-bond donors (Lipinski definition) is 1. The summed E-state index contributed by atoms with van der Waals surface area (Å²) in [5.74, 6) is 0.0554. The second-order valence-electron chi connectivity index (χ2n) is 5.60. The Labute approximate surface area is 143 Å². The smallest absolute Gasteiger partial charge is 0.271 e. The highest BCUT2D eigenvalue weighted by Crippen LogP contribution is 2.50. The van der Waals surface area contributed by atoms with E-state index < -0.39 is 4.92 Å². The minimum absolute atomic E-state index is 0.0726. The number of amides is 1. The molecule has 1 saturated carbocycles. The Balaban J connectivity index is 1.75. The van der Waals surface area contributed by atoms with Gasteiger partial charge in [-0.3, -0.25) is 14.9 Å². The summed E-state index contributed by atoms with van der Waals surface area (Å²) in [6.07, 6.45) is 0.701. The monoisotopic (exact) mass is 346 g/mol. The van der Waals surface area contributed by atoms with Gasteiger partial charge in [0.2, 0.25) is 5.91 Å². The number of carbonyl (C=O) groups excluding carboxylic acids is 1. The molecule has 0 heterocycles. The number of non-ortho nitro benzene ring substituents is 1. The van der Waals surface area contributed by atoms with E-state index in [9.17, 15) is 14.9 Å². The Kier molecular flexibility index (Phi) is 4.40. The average molecular weight is 347 g/mol. The van der Waals surface area contributed by atoms with Crippen molar-refractivity contribution in [3.05, 3.63) is 63.2 Å². The van der Waals surface area contributed by atoms with E-state index in [0.717, 1.165) is 5.56 Å². The Morgan fingerprint density at radius 2 is 2.08 bits per heavy atom. The molecule has 0 radical (unpaired) electrons. The van der Waals surface area contributed by atoms with Crippen LogP contribution in [0.15, 0.2) is 42.5 Å². The summed E-state index contributed by atoms with van der Waals surface area (Å²) >= 11 is 6.17. The maximum Gasteiger partial charge on any atom is 0.271 e. The highest BCUT2D eigenvalue weighted by atomic mass is 35.5. The molecular weight excluding hydrogens is 332 g/mol. The summed E-state index contributed by atoms with van der Waals surface area (Å²) in [6, 6.07) is 11.5. The Morgan fingerprint density at radius 1 is 1.33 bits per heavy atom. The van der Waals surface area contributed by atoms with Crippen LogP contribution in [0.1, 0.15) is 17.9 Å². The molecule has 2 unspecified atom stereocenters. The van der Waals surface area contributed by atoms with Crippen LogP contribution in [0.2, 0.25) is 5.02 Å². The molecule has 1 N–H and O–H groups in total. The molecule has 1 fully saturated rings. The van der Waals surface area contributed by atoms with Crippen LogP contribution in [0.4, 0.5) is 11.4 Å². The fraction of sp³-hybridized carbons (Fsp3) is 0.235. The standard InChI is InChI=1S/C17H15ClN2O4/c1-24-16-7-6-10(20(22)23)8-15(16)19-17(21)13-9-12(13)11-4-2-3-5-14(11)18/h2-8,12-13H,9H2,1H3,(H,19,21). The number of benzene rings is 2. The van der Waals surface area contributed by atoms with Crippen molar-refractivity contribution in [3.63, 3.8) is 0 Å². The maximum atomic E-state index is 12.4. The zero-order valence-electron chi connectivity index (χ0n) is 12.9. The predicted molar refractivity (Wildman–Crippen MR) is 90.6 cm³/mol. The zero-order chi connectivity index (χ0) is 17.3. The summed E-state index contributed by atoms with van der Waals surface area (Å²) in [6.45, 7) is 0. The van der Waals surface area contributed by atoms with Gasteiger partial charge in [-0.05, 0) is 30.0 Å². The van der Waals surface area contributed by atoms with E-state index in [2.05, 4.69) is 5.32 Å². The van der Waals surface area contributed by atoms with Gasteiger partial charge in [-0.2, -0.15) is 0 Å². The molecule has 0 bridgehead atoms. The summed E-state index contributed by atoms with van der Waals surface area (Å²) in [7, 11) is 1.44.